The van der Waals surface area contributed by atoms with E-state index >= 15 is 0 Å². The van der Waals surface area contributed by atoms with Crippen molar-refractivity contribution >= 4 is 17.5 Å². The molecule has 0 spiro atoms. The fourth-order valence-electron chi connectivity index (χ4n) is 3.04. The first-order chi connectivity index (χ1) is 13.0. The molecule has 0 aliphatic rings. The average Bonchev–Trinajstić information content (AvgIpc) is 3.08. The zero-order valence-electron chi connectivity index (χ0n) is 15.2. The van der Waals surface area contributed by atoms with Crippen LogP contribution in [0, 0.1) is 5.82 Å². The van der Waals surface area contributed by atoms with Crippen molar-refractivity contribution in [1.29, 1.82) is 0 Å². The van der Waals surface area contributed by atoms with Crippen LogP contribution in [0.2, 0.25) is 0 Å². The number of amides is 1. The van der Waals surface area contributed by atoms with Crippen LogP contribution in [0.5, 0.6) is 0 Å². The van der Waals surface area contributed by atoms with Crippen molar-refractivity contribution in [2.75, 3.05) is 0 Å². The van der Waals surface area contributed by atoms with Gasteiger partial charge in [-0.1, -0.05) is 42.5 Å². The van der Waals surface area contributed by atoms with Gasteiger partial charge in [-0.3, -0.25) is 4.79 Å². The molecule has 0 radical (unpaired) electrons. The van der Waals surface area contributed by atoms with E-state index in [2.05, 4.69) is 0 Å². The van der Waals surface area contributed by atoms with Gasteiger partial charge in [0.25, 0.3) is 0 Å². The lowest BCUT2D eigenvalue weighted by atomic mass is 10.2. The van der Waals surface area contributed by atoms with Crippen LogP contribution in [-0.2, 0) is 24.4 Å². The molecule has 0 fully saturated rings. The highest BCUT2D eigenvalue weighted by atomic mass is 35.5. The number of alkyl halides is 1. The highest BCUT2D eigenvalue weighted by Crippen LogP contribution is 2.16. The number of halogens is 2. The predicted octanol–water partition coefficient (Wildman–Crippen LogP) is 4.83. The molecule has 0 bridgehead atoms. The van der Waals surface area contributed by atoms with E-state index in [1.165, 1.54) is 12.1 Å². The summed E-state index contributed by atoms with van der Waals surface area (Å²) in [6.45, 7) is 3.16. The first-order valence-electron chi connectivity index (χ1n) is 8.88. The summed E-state index contributed by atoms with van der Waals surface area (Å²) in [5, 5.41) is -0.597. The van der Waals surface area contributed by atoms with E-state index in [-0.39, 0.29) is 11.7 Å². The molecular weight excluding hydrogens is 363 g/mol. The lowest BCUT2D eigenvalue weighted by Crippen LogP contribution is -2.35. The summed E-state index contributed by atoms with van der Waals surface area (Å²) in [6.07, 6.45) is 1.94. The second-order valence-electron chi connectivity index (χ2n) is 6.55. The summed E-state index contributed by atoms with van der Waals surface area (Å²) < 4.78 is 15.5. The molecule has 3 aromatic rings. The van der Waals surface area contributed by atoms with Gasteiger partial charge in [0.15, 0.2) is 0 Å². The third kappa shape index (κ3) is 5.20. The summed E-state index contributed by atoms with van der Waals surface area (Å²) in [6, 6.07) is 20.3. The largest absolute Gasteiger partial charge is 0.345 e. The van der Waals surface area contributed by atoms with E-state index in [1.54, 1.807) is 17.9 Å². The Bertz CT molecular complexity index is 892. The molecule has 0 aliphatic heterocycles. The van der Waals surface area contributed by atoms with Crippen LogP contribution in [0.4, 0.5) is 4.39 Å². The van der Waals surface area contributed by atoms with Crippen LogP contribution in [0.3, 0.4) is 0 Å². The standard InChI is InChI=1S/C22H22ClFN2O/c1-17(23)22(27)26(14-18-7-3-2-4-8-18)16-21-11-6-12-25(21)15-19-9-5-10-20(24)13-19/h2-13,17H,14-16H2,1H3/t17-/m1/s1. The third-order valence-electron chi connectivity index (χ3n) is 4.39. The first-order valence-corrected chi connectivity index (χ1v) is 9.32. The Morgan fingerprint density at radius 1 is 1.04 bits per heavy atom. The van der Waals surface area contributed by atoms with Gasteiger partial charge in [0.2, 0.25) is 5.91 Å². The maximum absolute atomic E-state index is 13.5. The maximum Gasteiger partial charge on any atom is 0.240 e. The Hall–Kier alpha value is -2.59. The van der Waals surface area contributed by atoms with Crippen LogP contribution in [0.25, 0.3) is 0 Å². The van der Waals surface area contributed by atoms with Crippen molar-refractivity contribution in [3.05, 3.63) is 95.6 Å². The van der Waals surface area contributed by atoms with Crippen LogP contribution >= 0.6 is 11.6 Å². The molecule has 5 heteroatoms. The number of hydrogen-bond donors (Lipinski definition) is 0. The number of hydrogen-bond acceptors (Lipinski definition) is 1. The quantitative estimate of drug-likeness (QED) is 0.535. The van der Waals surface area contributed by atoms with Gasteiger partial charge >= 0.3 is 0 Å². The fraction of sp³-hybridized carbons (Fsp3) is 0.227. The van der Waals surface area contributed by atoms with Gasteiger partial charge in [-0.25, -0.2) is 4.39 Å². The number of nitrogens with zero attached hydrogens (tertiary/aromatic N) is 2. The average molecular weight is 385 g/mol. The minimum atomic E-state index is -0.597. The molecule has 0 aliphatic carbocycles. The monoisotopic (exact) mass is 384 g/mol. The molecule has 1 atom stereocenters. The van der Waals surface area contributed by atoms with Crippen molar-refractivity contribution in [1.82, 2.24) is 9.47 Å². The van der Waals surface area contributed by atoms with Crippen molar-refractivity contribution in [2.24, 2.45) is 0 Å². The number of rotatable bonds is 7. The number of carbonyl (C=O) groups excluding carboxylic acids is 1. The predicted molar refractivity (Wildman–Crippen MR) is 106 cm³/mol. The molecule has 3 nitrogen and oxygen atoms in total. The van der Waals surface area contributed by atoms with E-state index in [9.17, 15) is 9.18 Å². The van der Waals surface area contributed by atoms with Gasteiger partial charge in [-0.15, -0.1) is 11.6 Å². The summed E-state index contributed by atoms with van der Waals surface area (Å²) >= 11 is 6.08. The minimum absolute atomic E-state index is 0.112. The van der Waals surface area contributed by atoms with E-state index in [1.807, 2.05) is 59.3 Å². The maximum atomic E-state index is 13.5. The Kier molecular flexibility index (Phi) is 6.30. The minimum Gasteiger partial charge on any atom is -0.345 e. The Balaban J connectivity index is 1.80. The van der Waals surface area contributed by atoms with Crippen LogP contribution in [-0.4, -0.2) is 20.8 Å². The summed E-state index contributed by atoms with van der Waals surface area (Å²) in [5.74, 6) is -0.364. The van der Waals surface area contributed by atoms with Crippen molar-refractivity contribution in [2.45, 2.75) is 31.9 Å². The smallest absolute Gasteiger partial charge is 0.240 e. The van der Waals surface area contributed by atoms with Crippen molar-refractivity contribution < 1.29 is 9.18 Å². The van der Waals surface area contributed by atoms with Gasteiger partial charge in [-0.05, 0) is 42.3 Å². The van der Waals surface area contributed by atoms with Gasteiger partial charge in [0, 0.05) is 25.0 Å². The van der Waals surface area contributed by atoms with Crippen LogP contribution in [0.1, 0.15) is 23.7 Å². The van der Waals surface area contributed by atoms with Gasteiger partial charge < -0.3 is 9.47 Å². The SMILES string of the molecule is C[C@@H](Cl)C(=O)N(Cc1ccccc1)Cc1cccn1Cc1cccc(F)c1. The second-order valence-corrected chi connectivity index (χ2v) is 7.21. The lowest BCUT2D eigenvalue weighted by molar-refractivity contribution is -0.131. The molecule has 2 aromatic carbocycles. The van der Waals surface area contributed by atoms with E-state index in [0.29, 0.717) is 19.6 Å². The molecule has 140 valence electrons. The Morgan fingerprint density at radius 3 is 2.48 bits per heavy atom. The summed E-state index contributed by atoms with van der Waals surface area (Å²) in [5.41, 5.74) is 2.89. The topological polar surface area (TPSA) is 25.2 Å². The van der Waals surface area contributed by atoms with Gasteiger partial charge in [-0.2, -0.15) is 0 Å². The normalized spacial score (nSPS) is 12.0. The molecule has 27 heavy (non-hydrogen) atoms. The van der Waals surface area contributed by atoms with E-state index < -0.39 is 5.38 Å². The molecule has 0 unspecified atom stereocenters. The molecule has 1 heterocycles. The molecule has 0 N–H and O–H groups in total. The zero-order chi connectivity index (χ0) is 19.2. The molecule has 0 saturated carbocycles. The molecule has 1 amide bonds. The summed E-state index contributed by atoms with van der Waals surface area (Å²) in [4.78, 5) is 14.4. The highest BCUT2D eigenvalue weighted by Gasteiger charge is 2.20. The number of aromatic nitrogens is 1. The first kappa shape index (κ1) is 19.2. The van der Waals surface area contributed by atoms with E-state index in [4.69, 9.17) is 11.6 Å². The number of benzene rings is 2. The summed E-state index contributed by atoms with van der Waals surface area (Å²) in [7, 11) is 0. The molecular formula is C22H22ClFN2O. The van der Waals surface area contributed by atoms with E-state index in [0.717, 1.165) is 16.8 Å². The fourth-order valence-corrected chi connectivity index (χ4v) is 3.18. The Labute approximate surface area is 164 Å². The van der Waals surface area contributed by atoms with Crippen LogP contribution in [0.15, 0.2) is 72.9 Å². The zero-order valence-corrected chi connectivity index (χ0v) is 15.9. The van der Waals surface area contributed by atoms with Crippen LogP contribution < -0.4 is 0 Å². The molecule has 0 saturated heterocycles. The molecule has 1 aromatic heterocycles. The third-order valence-corrected chi connectivity index (χ3v) is 4.57. The van der Waals surface area contributed by atoms with Crippen molar-refractivity contribution in [3.8, 4) is 0 Å². The Morgan fingerprint density at radius 2 is 1.78 bits per heavy atom. The molecule has 3 rings (SSSR count). The van der Waals surface area contributed by atoms with Crippen molar-refractivity contribution in [3.63, 3.8) is 0 Å². The van der Waals surface area contributed by atoms with Gasteiger partial charge in [0.05, 0.1) is 6.54 Å². The van der Waals surface area contributed by atoms with Gasteiger partial charge in [0.1, 0.15) is 11.2 Å². The second kappa shape index (κ2) is 8.87. The number of carbonyl (C=O) groups is 1. The lowest BCUT2D eigenvalue weighted by Gasteiger charge is -2.25. The highest BCUT2D eigenvalue weighted by molar-refractivity contribution is 6.30.